The van der Waals surface area contributed by atoms with E-state index in [0.29, 0.717) is 0 Å². The molecule has 0 nitrogen and oxygen atoms in total. The van der Waals surface area contributed by atoms with Gasteiger partial charge in [-0.05, 0) is 0 Å². The summed E-state index contributed by atoms with van der Waals surface area (Å²) in [5.41, 5.74) is 6.59. The van der Waals surface area contributed by atoms with Gasteiger partial charge in [0.25, 0.3) is 0 Å². The fourth-order valence-corrected chi connectivity index (χ4v) is 1.11. The SMILES string of the molecule is Cc1[c-]c(C)cc(C)c1.[CH2]=[Cu]. The van der Waals surface area contributed by atoms with Crippen LogP contribution in [0.4, 0.5) is 0 Å². The van der Waals surface area contributed by atoms with Crippen LogP contribution in [0.3, 0.4) is 0 Å². The summed E-state index contributed by atoms with van der Waals surface area (Å²) >= 11 is 3.94. The van der Waals surface area contributed by atoms with E-state index in [4.69, 9.17) is 0 Å². The van der Waals surface area contributed by atoms with Crippen molar-refractivity contribution < 1.29 is 15.6 Å². The first-order valence-electron chi connectivity index (χ1n) is 3.37. The molecule has 0 saturated heterocycles. The normalized spacial score (nSPS) is 8.45. The van der Waals surface area contributed by atoms with Crippen molar-refractivity contribution in [2.24, 2.45) is 0 Å². The fraction of sp³-hybridized carbons (Fsp3) is 0.300. The predicted molar refractivity (Wildman–Crippen MR) is 46.6 cm³/mol. The van der Waals surface area contributed by atoms with E-state index < -0.39 is 0 Å². The quantitative estimate of drug-likeness (QED) is 0.442. The number of rotatable bonds is 0. The van der Waals surface area contributed by atoms with Crippen molar-refractivity contribution in [2.75, 3.05) is 0 Å². The van der Waals surface area contributed by atoms with Crippen LogP contribution >= 0.6 is 0 Å². The van der Waals surface area contributed by atoms with Gasteiger partial charge >= 0.3 is 21.0 Å². The molecule has 0 N–H and O–H groups in total. The van der Waals surface area contributed by atoms with Gasteiger partial charge in [-0.3, -0.25) is 0 Å². The molecule has 0 fully saturated rings. The van der Waals surface area contributed by atoms with E-state index in [1.54, 1.807) is 0 Å². The molecule has 1 heteroatoms. The zero-order valence-electron chi connectivity index (χ0n) is 7.16. The molecule has 0 amide bonds. The summed E-state index contributed by atoms with van der Waals surface area (Å²) in [5.74, 6) is 0. The van der Waals surface area contributed by atoms with Crippen molar-refractivity contribution >= 4 is 5.42 Å². The van der Waals surface area contributed by atoms with Gasteiger partial charge in [0, 0.05) is 0 Å². The molecule has 0 atom stereocenters. The second kappa shape index (κ2) is 5.28. The molecule has 11 heavy (non-hydrogen) atoms. The molecule has 0 heterocycles. The van der Waals surface area contributed by atoms with Crippen molar-refractivity contribution in [3.8, 4) is 0 Å². The Labute approximate surface area is 77.0 Å². The molecule has 0 bridgehead atoms. The third kappa shape index (κ3) is 4.13. The summed E-state index contributed by atoms with van der Waals surface area (Å²) in [7, 11) is 0. The molecular weight excluding hydrogens is 184 g/mol. The van der Waals surface area contributed by atoms with Gasteiger partial charge in [0.15, 0.2) is 0 Å². The maximum atomic E-state index is 3.94. The second-order valence-corrected chi connectivity index (χ2v) is 2.52. The minimum atomic E-state index is 1.23. The molecule has 0 spiro atoms. The zero-order valence-corrected chi connectivity index (χ0v) is 8.10. The summed E-state index contributed by atoms with van der Waals surface area (Å²) in [6.45, 7) is 6.24. The first kappa shape index (κ1) is 10.6. The summed E-state index contributed by atoms with van der Waals surface area (Å²) in [6.07, 6.45) is 0. The van der Waals surface area contributed by atoms with Crippen molar-refractivity contribution in [3.63, 3.8) is 0 Å². The van der Waals surface area contributed by atoms with E-state index in [2.05, 4.69) is 60.0 Å². The molecule has 0 aliphatic heterocycles. The molecule has 0 aromatic heterocycles. The Balaban J connectivity index is 0.000000461. The van der Waals surface area contributed by atoms with Gasteiger partial charge in [-0.2, -0.15) is 34.9 Å². The standard InChI is InChI=1S/C9H11.CH2.Cu/c1-7-4-8(2)6-9(3)5-7;;/h4-5H,1-3H3;1H2;/q-1;;. The van der Waals surface area contributed by atoms with Crippen molar-refractivity contribution in [1.82, 2.24) is 0 Å². The van der Waals surface area contributed by atoms with Crippen molar-refractivity contribution in [1.29, 1.82) is 0 Å². The van der Waals surface area contributed by atoms with Crippen LogP contribution in [-0.4, -0.2) is 5.42 Å². The monoisotopic (exact) mass is 196 g/mol. The van der Waals surface area contributed by atoms with E-state index in [1.807, 2.05) is 0 Å². The molecule has 1 rings (SSSR count). The number of benzene rings is 1. The summed E-state index contributed by atoms with van der Waals surface area (Å²) < 4.78 is 0. The van der Waals surface area contributed by atoms with Gasteiger partial charge in [0.2, 0.25) is 0 Å². The molecular formula is C10H13Cu-. The average Bonchev–Trinajstić information content (AvgIpc) is 1.88. The third-order valence-electron chi connectivity index (χ3n) is 1.28. The molecule has 0 unspecified atom stereocenters. The van der Waals surface area contributed by atoms with Crippen LogP contribution in [-0.2, 0) is 15.6 Å². The van der Waals surface area contributed by atoms with Crippen LogP contribution < -0.4 is 0 Å². The molecule has 1 aromatic rings. The van der Waals surface area contributed by atoms with Gasteiger partial charge in [-0.25, -0.2) is 0 Å². The van der Waals surface area contributed by atoms with Crippen LogP contribution in [0.2, 0.25) is 0 Å². The molecule has 0 saturated carbocycles. The molecule has 0 aliphatic carbocycles. The summed E-state index contributed by atoms with van der Waals surface area (Å²) in [6, 6.07) is 7.47. The summed E-state index contributed by atoms with van der Waals surface area (Å²) in [5, 5.41) is 0. The van der Waals surface area contributed by atoms with E-state index in [1.165, 1.54) is 16.7 Å². The Hall–Kier alpha value is -0.391. The number of hydrogen-bond donors (Lipinski definition) is 0. The van der Waals surface area contributed by atoms with Gasteiger partial charge in [0.1, 0.15) is 0 Å². The average molecular weight is 197 g/mol. The third-order valence-corrected chi connectivity index (χ3v) is 1.28. The van der Waals surface area contributed by atoms with E-state index in [0.717, 1.165) is 0 Å². The van der Waals surface area contributed by atoms with Crippen molar-refractivity contribution in [3.05, 3.63) is 34.9 Å². The first-order valence-corrected chi connectivity index (χ1v) is 4.03. The Morgan fingerprint density at radius 1 is 1.09 bits per heavy atom. The first-order chi connectivity index (χ1) is 5.18. The Morgan fingerprint density at radius 3 is 1.73 bits per heavy atom. The fourth-order valence-electron chi connectivity index (χ4n) is 1.11. The van der Waals surface area contributed by atoms with E-state index >= 15 is 0 Å². The van der Waals surface area contributed by atoms with Gasteiger partial charge < -0.3 is 0 Å². The van der Waals surface area contributed by atoms with Gasteiger partial charge in [0.05, 0.1) is 0 Å². The predicted octanol–water partition coefficient (Wildman–Crippen LogP) is 2.38. The maximum absolute atomic E-state index is 3.94. The van der Waals surface area contributed by atoms with Crippen LogP contribution in [0.5, 0.6) is 0 Å². The van der Waals surface area contributed by atoms with Gasteiger partial charge in [-0.1, -0.05) is 20.8 Å². The van der Waals surface area contributed by atoms with Gasteiger partial charge in [-0.15, -0.1) is 0 Å². The Kier molecular flexibility index (Phi) is 5.10. The number of aryl methyl sites for hydroxylation is 3. The Bertz CT molecular complexity index is 178. The molecule has 0 aliphatic rings. The van der Waals surface area contributed by atoms with Crippen molar-refractivity contribution in [2.45, 2.75) is 20.8 Å². The second-order valence-electron chi connectivity index (χ2n) is 2.52. The summed E-state index contributed by atoms with van der Waals surface area (Å²) in [4.78, 5) is 0. The minimum absolute atomic E-state index is 1.23. The zero-order chi connectivity index (χ0) is 8.85. The molecule has 65 valence electrons. The molecule has 0 radical (unpaired) electrons. The Morgan fingerprint density at radius 2 is 1.45 bits per heavy atom. The van der Waals surface area contributed by atoms with E-state index in [-0.39, 0.29) is 0 Å². The topological polar surface area (TPSA) is 0 Å². The van der Waals surface area contributed by atoms with Crippen LogP contribution in [0.25, 0.3) is 0 Å². The van der Waals surface area contributed by atoms with Crippen LogP contribution in [0, 0.1) is 26.8 Å². The van der Waals surface area contributed by atoms with E-state index in [9.17, 15) is 0 Å². The number of hydrogen-bond acceptors (Lipinski definition) is 0. The van der Waals surface area contributed by atoms with Crippen LogP contribution in [0.1, 0.15) is 16.7 Å². The molecule has 1 aromatic carbocycles. The van der Waals surface area contributed by atoms with Crippen LogP contribution in [0.15, 0.2) is 12.1 Å².